The highest BCUT2D eigenvalue weighted by atomic mass is 35.5. The minimum absolute atomic E-state index is 0.0110. The Morgan fingerprint density at radius 2 is 1.69 bits per heavy atom. The van der Waals surface area contributed by atoms with Crippen LogP contribution in [0.4, 0.5) is 13.6 Å². The Hall–Kier alpha value is -4.72. The third kappa shape index (κ3) is 7.41. The number of imide groups is 1. The van der Waals surface area contributed by atoms with E-state index in [0.29, 0.717) is 23.8 Å². The molecule has 4 N–H and O–H groups in total. The second kappa shape index (κ2) is 16.5. The standard InChI is InChI=1S/C38H47BClF2N5O11/c1-37(2)19-15-23(37)38(3)24(16-19)57-39(58-38)25(14-18-8-9-21(41)26(35(51)52)29(18)54-5)44-32(48)28(20-17-22(42)30(55-6)31(56-7)27(20)40)45-36(53)47-13-12-46(11-10-43-4)33(49)34(47)50/h8-9,17,19,23-25,28,43H,10-16H2,1-7H3,(H,44,48)(H,45,53)(H,51,52)/t19-,23-,24+,25-,28?,38-/m0/s1. The molecule has 58 heavy (non-hydrogen) atoms. The van der Waals surface area contributed by atoms with Crippen LogP contribution in [0.25, 0.3) is 0 Å². The Morgan fingerprint density at radius 1 is 1.00 bits per heavy atom. The number of rotatable bonds is 14. The highest BCUT2D eigenvalue weighted by Crippen LogP contribution is 2.65. The molecule has 5 fully saturated rings. The predicted molar refractivity (Wildman–Crippen MR) is 204 cm³/mol. The quantitative estimate of drug-likeness (QED) is 0.161. The molecule has 3 saturated carbocycles. The maximum Gasteiger partial charge on any atom is 0.482 e. The number of methoxy groups -OCH3 is 3. The van der Waals surface area contributed by atoms with E-state index in [1.807, 2.05) is 6.92 Å². The molecule has 2 aromatic carbocycles. The number of ether oxygens (including phenoxy) is 3. The van der Waals surface area contributed by atoms with E-state index in [2.05, 4.69) is 29.8 Å². The van der Waals surface area contributed by atoms with Gasteiger partial charge < -0.3 is 49.5 Å². The number of aromatic carboxylic acids is 1. The number of carbonyl (C=O) groups excluding carboxylic acids is 4. The number of likely N-dealkylation sites (N-methyl/N-ethyl adjacent to an activating group) is 1. The number of hydrogen-bond donors (Lipinski definition) is 4. The molecule has 0 spiro atoms. The minimum atomic E-state index is -1.86. The lowest BCUT2D eigenvalue weighted by molar-refractivity contribution is -0.199. The lowest BCUT2D eigenvalue weighted by atomic mass is 9.43. The van der Waals surface area contributed by atoms with E-state index in [9.17, 15) is 33.5 Å². The van der Waals surface area contributed by atoms with Gasteiger partial charge in [0.15, 0.2) is 17.3 Å². The smallest absolute Gasteiger partial charge is 0.482 e. The van der Waals surface area contributed by atoms with E-state index in [0.717, 1.165) is 18.6 Å². The molecule has 2 bridgehead atoms. The molecule has 5 amide bonds. The summed E-state index contributed by atoms with van der Waals surface area (Å²) in [5.41, 5.74) is -1.71. The van der Waals surface area contributed by atoms with Crippen LogP contribution >= 0.6 is 11.6 Å². The molecule has 6 atom stereocenters. The van der Waals surface area contributed by atoms with Gasteiger partial charge in [-0.1, -0.05) is 31.5 Å². The number of nitrogens with zero attached hydrogens (tertiary/aromatic N) is 2. The summed E-state index contributed by atoms with van der Waals surface area (Å²) in [6.45, 7) is 6.68. The van der Waals surface area contributed by atoms with Crippen molar-refractivity contribution < 1.29 is 61.4 Å². The summed E-state index contributed by atoms with van der Waals surface area (Å²) < 4.78 is 59.5. The number of carboxylic acid groups (broad SMARTS) is 1. The Bertz CT molecular complexity index is 2010. The summed E-state index contributed by atoms with van der Waals surface area (Å²) in [5, 5.41) is 17.7. The van der Waals surface area contributed by atoms with Crippen molar-refractivity contribution in [2.75, 3.05) is 54.6 Å². The zero-order chi connectivity index (χ0) is 42.4. The van der Waals surface area contributed by atoms with Crippen molar-refractivity contribution in [2.24, 2.45) is 17.3 Å². The molecular weight excluding hydrogens is 787 g/mol. The Labute approximate surface area is 339 Å². The van der Waals surface area contributed by atoms with Crippen LogP contribution in [-0.2, 0) is 30.1 Å². The van der Waals surface area contributed by atoms with E-state index in [1.54, 1.807) is 7.05 Å². The van der Waals surface area contributed by atoms with Crippen molar-refractivity contribution in [1.82, 2.24) is 25.8 Å². The molecule has 20 heteroatoms. The average Bonchev–Trinajstić information content (AvgIpc) is 3.55. The fourth-order valence-corrected chi connectivity index (χ4v) is 9.31. The number of halogens is 3. The first-order valence-electron chi connectivity index (χ1n) is 18.8. The Morgan fingerprint density at radius 3 is 2.31 bits per heavy atom. The van der Waals surface area contributed by atoms with Crippen LogP contribution in [0.3, 0.4) is 0 Å². The molecule has 2 aromatic rings. The average molecular weight is 834 g/mol. The van der Waals surface area contributed by atoms with Gasteiger partial charge in [0.1, 0.15) is 23.2 Å². The molecular formula is C38H47BClF2N5O11. The fraction of sp³-hybridized carbons (Fsp3) is 0.553. The molecule has 2 heterocycles. The van der Waals surface area contributed by atoms with Gasteiger partial charge >= 0.3 is 30.9 Å². The zero-order valence-electron chi connectivity index (χ0n) is 33.2. The van der Waals surface area contributed by atoms with Crippen molar-refractivity contribution >= 4 is 48.4 Å². The molecule has 2 aliphatic heterocycles. The normalized spacial score (nSPS) is 24.4. The maximum absolute atomic E-state index is 15.6. The van der Waals surface area contributed by atoms with Gasteiger partial charge in [-0.05, 0) is 68.2 Å². The summed E-state index contributed by atoms with van der Waals surface area (Å²) in [6, 6.07) is 0.109. The Kier molecular flexibility index (Phi) is 12.2. The van der Waals surface area contributed by atoms with Crippen LogP contribution < -0.4 is 30.2 Å². The summed E-state index contributed by atoms with van der Waals surface area (Å²) in [6.07, 6.45) is 0.965. The molecule has 16 nitrogen and oxygen atoms in total. The monoisotopic (exact) mass is 833 g/mol. The lowest BCUT2D eigenvalue weighted by Gasteiger charge is -2.64. The van der Waals surface area contributed by atoms with E-state index in [-0.39, 0.29) is 76.9 Å². The first-order valence-corrected chi connectivity index (χ1v) is 19.2. The van der Waals surface area contributed by atoms with Crippen LogP contribution in [0.2, 0.25) is 5.02 Å². The van der Waals surface area contributed by atoms with Gasteiger partial charge in [0.25, 0.3) is 0 Å². The number of nitrogens with one attached hydrogen (secondary N) is 3. The largest absolute Gasteiger partial charge is 0.495 e. The molecule has 3 aliphatic carbocycles. The number of carbonyl (C=O) groups is 5. The summed E-state index contributed by atoms with van der Waals surface area (Å²) in [7, 11) is 4.05. The van der Waals surface area contributed by atoms with Gasteiger partial charge in [-0.15, -0.1) is 0 Å². The first-order chi connectivity index (χ1) is 27.4. The zero-order valence-corrected chi connectivity index (χ0v) is 34.0. The van der Waals surface area contributed by atoms with Crippen LogP contribution in [0.1, 0.15) is 61.1 Å². The molecule has 0 radical (unpaired) electrons. The van der Waals surface area contributed by atoms with Crippen molar-refractivity contribution in [3.63, 3.8) is 0 Å². The van der Waals surface area contributed by atoms with Crippen LogP contribution in [-0.4, -0.2) is 124 Å². The second-order valence-electron chi connectivity index (χ2n) is 15.6. The van der Waals surface area contributed by atoms with Crippen LogP contribution in [0.15, 0.2) is 18.2 Å². The van der Waals surface area contributed by atoms with Crippen molar-refractivity contribution in [1.29, 1.82) is 0 Å². The second-order valence-corrected chi connectivity index (χ2v) is 16.0. The van der Waals surface area contributed by atoms with Crippen molar-refractivity contribution in [3.8, 4) is 17.2 Å². The van der Waals surface area contributed by atoms with Gasteiger partial charge in [0, 0.05) is 31.7 Å². The number of amides is 5. The molecule has 1 unspecified atom stereocenters. The van der Waals surface area contributed by atoms with Gasteiger partial charge in [-0.25, -0.2) is 18.4 Å². The van der Waals surface area contributed by atoms with Crippen LogP contribution in [0, 0.1) is 28.9 Å². The lowest BCUT2D eigenvalue weighted by Crippen LogP contribution is -2.65. The summed E-state index contributed by atoms with van der Waals surface area (Å²) in [5.74, 6) is -8.45. The van der Waals surface area contributed by atoms with Crippen LogP contribution in [0.5, 0.6) is 17.2 Å². The summed E-state index contributed by atoms with van der Waals surface area (Å²) >= 11 is 6.73. The van der Waals surface area contributed by atoms with Gasteiger partial charge in [-0.2, -0.15) is 0 Å². The minimum Gasteiger partial charge on any atom is -0.495 e. The third-order valence-electron chi connectivity index (χ3n) is 12.3. The number of piperazine rings is 1. The van der Waals surface area contributed by atoms with E-state index < -0.39 is 71.6 Å². The highest BCUT2D eigenvalue weighted by Gasteiger charge is 2.68. The highest BCUT2D eigenvalue weighted by molar-refractivity contribution is 6.48. The van der Waals surface area contributed by atoms with E-state index >= 15 is 4.39 Å². The van der Waals surface area contributed by atoms with E-state index in [1.165, 1.54) is 32.3 Å². The topological polar surface area (TPSA) is 194 Å². The number of carboxylic acids is 1. The SMILES string of the molecule is CNCCN1CCN(C(=O)NC(C(=O)N[C@@H](Cc2ccc(F)c(C(=O)O)c2OC)B2O[C@@H]3C[C@@H]4C[C@@H](C4(C)C)[C@]3(C)O2)c2cc(F)c(OC)c(OC)c2Cl)C(=O)C1=O. The molecule has 2 saturated heterocycles. The molecule has 5 aliphatic rings. The Balaban J connectivity index is 1.39. The predicted octanol–water partition coefficient (Wildman–Crippen LogP) is 2.98. The third-order valence-corrected chi connectivity index (χ3v) is 12.7. The van der Waals surface area contributed by atoms with Gasteiger partial charge in [0.05, 0.1) is 44.0 Å². The molecule has 314 valence electrons. The number of benzene rings is 2. The van der Waals surface area contributed by atoms with Gasteiger partial charge in [0.2, 0.25) is 5.91 Å². The molecule has 7 rings (SSSR count). The number of urea groups is 1. The molecule has 0 aromatic heterocycles. The first kappa shape index (κ1) is 42.9. The fourth-order valence-electron chi connectivity index (χ4n) is 8.99. The van der Waals surface area contributed by atoms with Gasteiger partial charge in [-0.3, -0.25) is 19.3 Å². The maximum atomic E-state index is 15.6. The number of hydrogen-bond acceptors (Lipinski definition) is 11. The van der Waals surface area contributed by atoms with Crippen molar-refractivity contribution in [3.05, 3.63) is 51.5 Å². The summed E-state index contributed by atoms with van der Waals surface area (Å²) in [4.78, 5) is 68.8. The van der Waals surface area contributed by atoms with Crippen molar-refractivity contribution in [2.45, 2.75) is 63.7 Å². The van der Waals surface area contributed by atoms with E-state index in [4.69, 9.17) is 35.1 Å².